The van der Waals surface area contributed by atoms with E-state index >= 15 is 0 Å². The molecule has 3 amide bonds. The van der Waals surface area contributed by atoms with Gasteiger partial charge in [0.25, 0.3) is 0 Å². The van der Waals surface area contributed by atoms with Crippen molar-refractivity contribution in [3.8, 4) is 0 Å². The normalized spacial score (nSPS) is 28.3. The van der Waals surface area contributed by atoms with Crippen LogP contribution in [0.15, 0.2) is 24.3 Å². The number of nitrogens with one attached hydrogen (secondary N) is 3. The van der Waals surface area contributed by atoms with Crippen LogP contribution in [0.2, 0.25) is 0 Å². The van der Waals surface area contributed by atoms with E-state index in [0.29, 0.717) is 29.8 Å². The first kappa shape index (κ1) is 24.1. The third-order valence-electron chi connectivity index (χ3n) is 9.10. The van der Waals surface area contributed by atoms with Crippen LogP contribution >= 0.6 is 0 Å². The third-order valence-corrected chi connectivity index (χ3v) is 9.10. The van der Waals surface area contributed by atoms with E-state index in [9.17, 15) is 9.59 Å². The van der Waals surface area contributed by atoms with Gasteiger partial charge in [-0.15, -0.1) is 0 Å². The van der Waals surface area contributed by atoms with Crippen molar-refractivity contribution in [3.05, 3.63) is 24.3 Å². The minimum absolute atomic E-state index is 0.204. The van der Waals surface area contributed by atoms with E-state index in [2.05, 4.69) is 36.7 Å². The zero-order valence-electron chi connectivity index (χ0n) is 20.7. The van der Waals surface area contributed by atoms with Gasteiger partial charge < -0.3 is 10.6 Å². The van der Waals surface area contributed by atoms with Crippen molar-refractivity contribution in [1.29, 1.82) is 0 Å². The first-order chi connectivity index (χ1) is 15.8. The smallest absolute Gasteiger partial charge is 0.328 e. The number of hydrogen-bond donors (Lipinski definition) is 3. The molecule has 0 unspecified atom stereocenters. The molecule has 0 spiro atoms. The Morgan fingerprint density at radius 2 is 1.70 bits per heavy atom. The monoisotopic (exact) mass is 454 g/mol. The fraction of sp³-hybridized carbons (Fsp3) is 0.704. The number of carbonyl (C=O) groups excluding carboxylic acids is 2. The molecule has 33 heavy (non-hydrogen) atoms. The molecule has 2 saturated carbocycles. The lowest BCUT2D eigenvalue weighted by atomic mass is 9.69. The number of fused-ring (bicyclic) bond motifs is 2. The molecule has 1 aromatic rings. The molecule has 3 aliphatic rings. The Bertz CT molecular complexity index is 837. The number of nitrogens with zero attached hydrogens (tertiary/aromatic N) is 1. The molecule has 3 atom stereocenters. The highest BCUT2D eigenvalue weighted by atomic mass is 16.2. The second kappa shape index (κ2) is 10.0. The van der Waals surface area contributed by atoms with Crippen LogP contribution in [-0.4, -0.2) is 37.6 Å². The number of imide groups is 1. The van der Waals surface area contributed by atoms with Gasteiger partial charge in [-0.3, -0.25) is 15.0 Å². The van der Waals surface area contributed by atoms with Crippen molar-refractivity contribution in [3.63, 3.8) is 0 Å². The quantitative estimate of drug-likeness (QED) is 0.397. The number of hydrogen-bond acceptors (Lipinski definition) is 4. The predicted molar refractivity (Wildman–Crippen MR) is 135 cm³/mol. The highest BCUT2D eigenvalue weighted by molar-refractivity contribution is 6.05. The molecule has 182 valence electrons. The van der Waals surface area contributed by atoms with Gasteiger partial charge in [0.15, 0.2) is 0 Å². The zero-order valence-corrected chi connectivity index (χ0v) is 20.7. The van der Waals surface area contributed by atoms with Crippen LogP contribution in [-0.2, 0) is 4.79 Å². The van der Waals surface area contributed by atoms with Crippen molar-refractivity contribution in [2.75, 3.05) is 29.9 Å². The maximum atomic E-state index is 11.9. The Balaban J connectivity index is 1.05. The van der Waals surface area contributed by atoms with E-state index in [1.54, 1.807) is 4.90 Å². The van der Waals surface area contributed by atoms with E-state index in [1.165, 1.54) is 51.4 Å². The van der Waals surface area contributed by atoms with Gasteiger partial charge in [-0.2, -0.15) is 0 Å². The van der Waals surface area contributed by atoms with Crippen LogP contribution in [0.1, 0.15) is 78.6 Å². The molecule has 1 aromatic carbocycles. The van der Waals surface area contributed by atoms with E-state index in [0.717, 1.165) is 30.4 Å². The molecule has 1 aliphatic heterocycles. The first-order valence-electron chi connectivity index (χ1n) is 13.0. The summed E-state index contributed by atoms with van der Waals surface area (Å²) >= 11 is 0. The summed E-state index contributed by atoms with van der Waals surface area (Å²) in [7, 11) is 0. The van der Waals surface area contributed by atoms with E-state index in [1.807, 2.05) is 24.3 Å². The van der Waals surface area contributed by atoms with Crippen molar-refractivity contribution >= 4 is 23.3 Å². The first-order valence-corrected chi connectivity index (χ1v) is 13.0. The lowest BCUT2D eigenvalue weighted by molar-refractivity contribution is -0.120. The van der Waals surface area contributed by atoms with E-state index < -0.39 is 0 Å². The van der Waals surface area contributed by atoms with Crippen molar-refractivity contribution in [1.82, 2.24) is 10.6 Å². The number of anilines is 2. The molecule has 1 saturated heterocycles. The van der Waals surface area contributed by atoms with Crippen LogP contribution in [0, 0.1) is 16.7 Å². The molecule has 6 nitrogen and oxygen atoms in total. The summed E-state index contributed by atoms with van der Waals surface area (Å²) in [5.74, 6) is 0.712. The van der Waals surface area contributed by atoms with Crippen molar-refractivity contribution < 1.29 is 9.59 Å². The van der Waals surface area contributed by atoms with Crippen LogP contribution < -0.4 is 20.9 Å². The lowest BCUT2D eigenvalue weighted by Crippen LogP contribution is -2.49. The second-order valence-electron chi connectivity index (χ2n) is 11.1. The molecule has 2 aliphatic carbocycles. The summed E-state index contributed by atoms with van der Waals surface area (Å²) in [6.07, 6.45) is 10.8. The van der Waals surface area contributed by atoms with Crippen LogP contribution in [0.4, 0.5) is 16.2 Å². The molecule has 0 aromatic heterocycles. The lowest BCUT2D eigenvalue weighted by Gasteiger charge is -2.39. The van der Waals surface area contributed by atoms with Gasteiger partial charge in [-0.1, -0.05) is 40.0 Å². The minimum atomic E-state index is -0.337. The molecule has 0 radical (unpaired) electrons. The molecule has 4 rings (SSSR count). The summed E-state index contributed by atoms with van der Waals surface area (Å²) in [5.41, 5.74) is 2.88. The summed E-state index contributed by atoms with van der Waals surface area (Å²) in [5, 5.41) is 9.74. The molecule has 2 bridgehead atoms. The van der Waals surface area contributed by atoms with Gasteiger partial charge in [-0.05, 0) is 79.7 Å². The Morgan fingerprint density at radius 1 is 1.00 bits per heavy atom. The number of rotatable bonds is 11. The second-order valence-corrected chi connectivity index (χ2v) is 11.1. The number of carbonyl (C=O) groups is 2. The molecular formula is C27H42N4O2. The fourth-order valence-corrected chi connectivity index (χ4v) is 6.37. The summed E-state index contributed by atoms with van der Waals surface area (Å²) in [6.45, 7) is 10.1. The summed E-state index contributed by atoms with van der Waals surface area (Å²) in [4.78, 5) is 24.8. The topological polar surface area (TPSA) is 73.5 Å². The molecular weight excluding hydrogens is 412 g/mol. The fourth-order valence-electron chi connectivity index (χ4n) is 6.37. The molecule has 3 fully saturated rings. The van der Waals surface area contributed by atoms with Gasteiger partial charge >= 0.3 is 6.03 Å². The average Bonchev–Trinajstić information content (AvgIpc) is 3.12. The van der Waals surface area contributed by atoms with Crippen LogP contribution in [0.3, 0.4) is 0 Å². The van der Waals surface area contributed by atoms with Gasteiger partial charge in [0.1, 0.15) is 0 Å². The molecule has 6 heteroatoms. The predicted octanol–water partition coefficient (Wildman–Crippen LogP) is 5.30. The third kappa shape index (κ3) is 5.06. The van der Waals surface area contributed by atoms with E-state index in [-0.39, 0.29) is 11.9 Å². The van der Waals surface area contributed by atoms with Gasteiger partial charge in [0.05, 0.1) is 0 Å². The van der Waals surface area contributed by atoms with Crippen LogP contribution in [0.25, 0.3) is 0 Å². The minimum Gasteiger partial charge on any atom is -0.385 e. The Hall–Kier alpha value is -2.08. The highest BCUT2D eigenvalue weighted by Crippen LogP contribution is 2.65. The Labute approximate surface area is 199 Å². The average molecular weight is 455 g/mol. The van der Waals surface area contributed by atoms with E-state index in [4.69, 9.17) is 0 Å². The SMILES string of the molecule is CC1(C)[C@@H]2CC[C@@]1(C)[C@@H](NCCCCCCCNc1ccc(N3CCC(=O)NC3=O)cc1)C2. The number of urea groups is 1. The van der Waals surface area contributed by atoms with Gasteiger partial charge in [-0.25, -0.2) is 4.79 Å². The zero-order chi connectivity index (χ0) is 23.5. The number of amides is 3. The van der Waals surface area contributed by atoms with Gasteiger partial charge in [0, 0.05) is 36.9 Å². The maximum absolute atomic E-state index is 11.9. The number of benzene rings is 1. The van der Waals surface area contributed by atoms with Crippen molar-refractivity contribution in [2.45, 2.75) is 84.6 Å². The summed E-state index contributed by atoms with van der Waals surface area (Å²) in [6, 6.07) is 8.25. The number of unbranched alkanes of at least 4 members (excludes halogenated alkanes) is 4. The van der Waals surface area contributed by atoms with Crippen LogP contribution in [0.5, 0.6) is 0 Å². The Morgan fingerprint density at radius 3 is 2.33 bits per heavy atom. The maximum Gasteiger partial charge on any atom is 0.328 e. The summed E-state index contributed by atoms with van der Waals surface area (Å²) < 4.78 is 0. The largest absolute Gasteiger partial charge is 0.385 e. The standard InChI is InChI=1S/C27H42N4O2/c1-26(2)20-13-15-27(26,3)23(19-20)29-17-8-6-4-5-7-16-28-21-9-11-22(12-10-21)31-18-14-24(32)30-25(31)33/h9-12,20,23,28-29H,4-8,13-19H2,1-3H3,(H,30,32,33)/t20-,23+,27+/m1/s1. The molecule has 3 N–H and O–H groups in total. The molecule has 1 heterocycles. The van der Waals surface area contributed by atoms with Crippen molar-refractivity contribution in [2.24, 2.45) is 16.7 Å². The highest BCUT2D eigenvalue weighted by Gasteiger charge is 2.60. The van der Waals surface area contributed by atoms with Gasteiger partial charge in [0.2, 0.25) is 5.91 Å². The Kier molecular flexibility index (Phi) is 7.32.